The first kappa shape index (κ1) is 17.5. The molecular formula is C15H21Cl2N3O2. The van der Waals surface area contributed by atoms with Gasteiger partial charge >= 0.3 is 0 Å². The summed E-state index contributed by atoms with van der Waals surface area (Å²) in [6.45, 7) is 2.30. The summed E-state index contributed by atoms with van der Waals surface area (Å²) in [6.07, 6.45) is 2.38. The van der Waals surface area contributed by atoms with Gasteiger partial charge in [0, 0.05) is 30.7 Å². The Labute approximate surface area is 140 Å². The van der Waals surface area contributed by atoms with Gasteiger partial charge in [-0.15, -0.1) is 0 Å². The molecule has 2 fully saturated rings. The van der Waals surface area contributed by atoms with Crippen molar-refractivity contribution in [1.82, 2.24) is 16.0 Å². The molecule has 0 aliphatic carbocycles. The number of nitrogens with one attached hydrogen (secondary N) is 3. The largest absolute Gasteiger partial charge is 0.508 e. The number of aromatic hydroxyl groups is 1. The molecular weight excluding hydrogens is 325 g/mol. The molecule has 22 heavy (non-hydrogen) atoms. The van der Waals surface area contributed by atoms with Gasteiger partial charge in [-0.05, 0) is 32.0 Å². The minimum atomic E-state index is -0.167. The molecule has 0 saturated carbocycles. The summed E-state index contributed by atoms with van der Waals surface area (Å²) in [5, 5.41) is 19.9. The van der Waals surface area contributed by atoms with Crippen molar-refractivity contribution in [3.63, 3.8) is 0 Å². The molecule has 2 aliphatic rings. The van der Waals surface area contributed by atoms with Crippen molar-refractivity contribution < 1.29 is 9.90 Å². The van der Waals surface area contributed by atoms with Crippen LogP contribution in [0.3, 0.4) is 0 Å². The predicted molar refractivity (Wildman–Crippen MR) is 88.8 cm³/mol. The lowest BCUT2D eigenvalue weighted by Gasteiger charge is -2.25. The van der Waals surface area contributed by atoms with Crippen LogP contribution in [-0.2, 0) is 4.79 Å². The van der Waals surface area contributed by atoms with E-state index in [4.69, 9.17) is 23.2 Å². The topological polar surface area (TPSA) is 73.4 Å². The number of likely N-dealkylation sites (N-methyl/N-ethyl adjacent to an activating group) is 1. The summed E-state index contributed by atoms with van der Waals surface area (Å²) in [5.41, 5.74) is 0.582. The number of hydrogen-bond acceptors (Lipinski definition) is 5. The highest BCUT2D eigenvalue weighted by Crippen LogP contribution is 2.40. The molecule has 0 bridgehead atoms. The van der Waals surface area contributed by atoms with Gasteiger partial charge in [0.15, 0.2) is 0 Å². The van der Waals surface area contributed by atoms with Crippen molar-refractivity contribution in [3.8, 4) is 5.75 Å². The number of phenolic OH excluding ortho intramolecular Hbond substituents is 1. The Kier molecular flexibility index (Phi) is 6.47. The molecule has 2 saturated heterocycles. The van der Waals surface area contributed by atoms with Gasteiger partial charge in [-0.3, -0.25) is 0 Å². The van der Waals surface area contributed by atoms with Gasteiger partial charge in [0.1, 0.15) is 12.0 Å². The van der Waals surface area contributed by atoms with Gasteiger partial charge in [-0.2, -0.15) is 0 Å². The number of carbonyl (C=O) groups excluding carboxylic acids is 1. The molecule has 0 spiro atoms. The van der Waals surface area contributed by atoms with Crippen molar-refractivity contribution in [2.75, 3.05) is 20.1 Å². The van der Waals surface area contributed by atoms with Crippen molar-refractivity contribution in [2.24, 2.45) is 0 Å². The van der Waals surface area contributed by atoms with Gasteiger partial charge in [0.25, 0.3) is 0 Å². The summed E-state index contributed by atoms with van der Waals surface area (Å²) < 4.78 is 0. The lowest BCUT2D eigenvalue weighted by molar-refractivity contribution is -0.109. The molecule has 4 N–H and O–H groups in total. The van der Waals surface area contributed by atoms with Crippen molar-refractivity contribution in [2.45, 2.75) is 31.0 Å². The normalized spacial score (nSPS) is 24.3. The summed E-state index contributed by atoms with van der Waals surface area (Å²) >= 11 is 11.9. The summed E-state index contributed by atoms with van der Waals surface area (Å²) in [4.78, 5) is 10.6. The number of aldehydes is 1. The molecule has 2 heterocycles. The molecule has 3 rings (SSSR count). The Morgan fingerprint density at radius 3 is 2.50 bits per heavy atom. The Morgan fingerprint density at radius 2 is 2.05 bits per heavy atom. The van der Waals surface area contributed by atoms with Crippen LogP contribution >= 0.6 is 23.2 Å². The fourth-order valence-electron chi connectivity index (χ4n) is 2.49. The van der Waals surface area contributed by atoms with E-state index in [2.05, 4.69) is 16.0 Å². The van der Waals surface area contributed by atoms with Crippen molar-refractivity contribution in [3.05, 3.63) is 27.7 Å². The second-order valence-electron chi connectivity index (χ2n) is 5.48. The zero-order valence-corrected chi connectivity index (χ0v) is 13.9. The zero-order valence-electron chi connectivity index (χ0n) is 12.4. The standard InChI is InChI=1S/C11H11Cl2NO2.C4H10N2/c12-7-2-4-9(16)10(11(7)13)8-3-1-6(5-15)14-8;1-5-4-2-6-3-4/h2,4-6,8,14,16H,1,3H2;4-6H,2-3H2,1H3. The number of phenols is 1. The average Bonchev–Trinajstić information content (AvgIpc) is 2.92. The van der Waals surface area contributed by atoms with E-state index in [-0.39, 0.29) is 17.8 Å². The van der Waals surface area contributed by atoms with E-state index in [1.165, 1.54) is 6.07 Å². The number of benzene rings is 1. The fourth-order valence-corrected chi connectivity index (χ4v) is 2.94. The third-order valence-corrected chi connectivity index (χ3v) is 4.81. The molecule has 7 heteroatoms. The lowest BCUT2D eigenvalue weighted by Crippen LogP contribution is -2.54. The van der Waals surface area contributed by atoms with Crippen molar-refractivity contribution in [1.29, 1.82) is 0 Å². The van der Waals surface area contributed by atoms with E-state index in [9.17, 15) is 9.90 Å². The Bertz CT molecular complexity index is 521. The number of halogens is 2. The molecule has 122 valence electrons. The summed E-state index contributed by atoms with van der Waals surface area (Å²) in [7, 11) is 1.99. The van der Waals surface area contributed by atoms with Crippen molar-refractivity contribution >= 4 is 29.5 Å². The first-order valence-corrected chi connectivity index (χ1v) is 8.08. The lowest BCUT2D eigenvalue weighted by atomic mass is 10.0. The molecule has 2 aliphatic heterocycles. The van der Waals surface area contributed by atoms with Gasteiger partial charge < -0.3 is 25.9 Å². The highest BCUT2D eigenvalue weighted by molar-refractivity contribution is 6.42. The summed E-state index contributed by atoms with van der Waals surface area (Å²) in [6, 6.07) is 3.54. The first-order chi connectivity index (χ1) is 10.6. The Hall–Kier alpha value is -0.850. The zero-order chi connectivity index (χ0) is 16.1. The van der Waals surface area contributed by atoms with Crippen LogP contribution in [0.1, 0.15) is 24.4 Å². The van der Waals surface area contributed by atoms with Crippen LogP contribution < -0.4 is 16.0 Å². The highest BCUT2D eigenvalue weighted by Gasteiger charge is 2.28. The number of carbonyl (C=O) groups is 1. The van der Waals surface area contributed by atoms with Gasteiger partial charge in [0.2, 0.25) is 0 Å². The molecule has 1 aromatic carbocycles. The van der Waals surface area contributed by atoms with E-state index < -0.39 is 0 Å². The first-order valence-electron chi connectivity index (χ1n) is 7.33. The molecule has 2 unspecified atom stereocenters. The third kappa shape index (κ3) is 4.12. The minimum Gasteiger partial charge on any atom is -0.508 e. The van der Waals surface area contributed by atoms with E-state index in [0.29, 0.717) is 15.6 Å². The fraction of sp³-hybridized carbons (Fsp3) is 0.533. The van der Waals surface area contributed by atoms with E-state index in [1.54, 1.807) is 6.07 Å². The summed E-state index contributed by atoms with van der Waals surface area (Å²) in [5.74, 6) is 0.110. The molecule has 2 atom stereocenters. The van der Waals surface area contributed by atoms with E-state index >= 15 is 0 Å². The van der Waals surface area contributed by atoms with Gasteiger partial charge in [-0.25, -0.2) is 0 Å². The van der Waals surface area contributed by atoms with Crippen LogP contribution in [0.4, 0.5) is 0 Å². The van der Waals surface area contributed by atoms with Crippen LogP contribution in [0.15, 0.2) is 12.1 Å². The minimum absolute atomic E-state index is 0.110. The maximum Gasteiger partial charge on any atom is 0.136 e. The average molecular weight is 346 g/mol. The predicted octanol–water partition coefficient (Wildman–Crippen LogP) is 1.87. The van der Waals surface area contributed by atoms with E-state index in [1.807, 2.05) is 7.05 Å². The molecule has 5 nitrogen and oxygen atoms in total. The second-order valence-corrected chi connectivity index (χ2v) is 6.26. The highest BCUT2D eigenvalue weighted by atomic mass is 35.5. The SMILES string of the molecule is CNC1CNC1.O=CC1CCC(c2c(O)ccc(Cl)c2Cl)N1. The number of rotatable bonds is 3. The monoisotopic (exact) mass is 345 g/mol. The molecule has 1 aromatic rings. The maximum atomic E-state index is 10.6. The van der Waals surface area contributed by atoms with Gasteiger partial charge in [0.05, 0.1) is 16.1 Å². The third-order valence-electron chi connectivity index (χ3n) is 3.99. The molecule has 0 amide bonds. The Morgan fingerprint density at radius 1 is 1.32 bits per heavy atom. The van der Waals surface area contributed by atoms with Crippen LogP contribution in [0.25, 0.3) is 0 Å². The number of hydrogen-bond donors (Lipinski definition) is 4. The molecule has 0 aromatic heterocycles. The van der Waals surface area contributed by atoms with E-state index in [0.717, 1.165) is 38.3 Å². The smallest absolute Gasteiger partial charge is 0.136 e. The maximum absolute atomic E-state index is 10.6. The van der Waals surface area contributed by atoms with Crippen LogP contribution in [0.2, 0.25) is 10.0 Å². The molecule has 0 radical (unpaired) electrons. The quantitative estimate of drug-likeness (QED) is 0.629. The Balaban J connectivity index is 0.000000246. The van der Waals surface area contributed by atoms with Crippen LogP contribution in [0.5, 0.6) is 5.75 Å². The second kappa shape index (κ2) is 8.13. The van der Waals surface area contributed by atoms with Gasteiger partial charge in [-0.1, -0.05) is 23.2 Å². The van der Waals surface area contributed by atoms with Crippen LogP contribution in [0, 0.1) is 0 Å². The van der Waals surface area contributed by atoms with Crippen LogP contribution in [-0.4, -0.2) is 43.6 Å².